The summed E-state index contributed by atoms with van der Waals surface area (Å²) < 4.78 is 37.4. The molecular weight excluding hydrogens is 443 g/mol. The van der Waals surface area contributed by atoms with Gasteiger partial charge in [-0.25, -0.2) is 0 Å². The van der Waals surface area contributed by atoms with Crippen molar-refractivity contribution in [3.63, 3.8) is 0 Å². The van der Waals surface area contributed by atoms with Crippen LogP contribution in [0.15, 0.2) is 48.5 Å². The monoisotopic (exact) mass is 469 g/mol. The number of benzene rings is 2. The summed E-state index contributed by atoms with van der Waals surface area (Å²) in [5.41, 5.74) is 1.89. The molecule has 0 unspecified atom stereocenters. The van der Waals surface area contributed by atoms with Crippen molar-refractivity contribution in [3.05, 3.63) is 65.2 Å². The Hall–Kier alpha value is -3.18. The highest BCUT2D eigenvalue weighted by Gasteiger charge is 2.53. The fourth-order valence-electron chi connectivity index (χ4n) is 5.13. The van der Waals surface area contributed by atoms with Gasteiger partial charge in [0.25, 0.3) is 0 Å². The number of Topliss-reactive ketones (excluding diaryl/α,β-unsaturated/α-hetero) is 1. The second-order valence-electron chi connectivity index (χ2n) is 9.05. The maximum absolute atomic E-state index is 13.7. The average Bonchev–Trinajstić information content (AvgIpc) is 3.03. The van der Waals surface area contributed by atoms with Crippen LogP contribution in [0.2, 0.25) is 0 Å². The fourth-order valence-corrected chi connectivity index (χ4v) is 5.13. The van der Waals surface area contributed by atoms with Gasteiger partial charge in [0, 0.05) is 30.6 Å². The first-order valence-electron chi connectivity index (χ1n) is 11.4. The van der Waals surface area contributed by atoms with Gasteiger partial charge in [-0.3, -0.25) is 14.5 Å². The molecule has 0 aromatic heterocycles. The van der Waals surface area contributed by atoms with Crippen molar-refractivity contribution >= 4 is 17.4 Å². The van der Waals surface area contributed by atoms with Gasteiger partial charge in [-0.15, -0.1) is 0 Å². The molecule has 2 aliphatic heterocycles. The quantitative estimate of drug-likeness (QED) is 0.588. The van der Waals surface area contributed by atoms with Crippen molar-refractivity contribution < 1.29 is 22.8 Å². The number of nitriles is 1. The van der Waals surface area contributed by atoms with E-state index in [0.717, 1.165) is 6.54 Å². The van der Waals surface area contributed by atoms with Crippen LogP contribution in [0.1, 0.15) is 48.8 Å². The Kier molecular flexibility index (Phi) is 6.76. The number of carbonyl (C=O) groups is 2. The smallest absolute Gasteiger partial charge is 0.304 e. The molecule has 0 bridgehead atoms. The molecule has 0 saturated carbocycles. The number of ketones is 1. The van der Waals surface area contributed by atoms with E-state index < -0.39 is 23.8 Å². The molecule has 5 nitrogen and oxygen atoms in total. The van der Waals surface area contributed by atoms with Crippen LogP contribution < -0.4 is 4.90 Å². The number of piperidine rings is 1. The lowest BCUT2D eigenvalue weighted by atomic mass is 9.72. The number of hydrogen-bond acceptors (Lipinski definition) is 4. The predicted molar refractivity (Wildman–Crippen MR) is 121 cm³/mol. The van der Waals surface area contributed by atoms with E-state index in [-0.39, 0.29) is 25.3 Å². The first-order chi connectivity index (χ1) is 16.2. The van der Waals surface area contributed by atoms with Crippen molar-refractivity contribution in [2.75, 3.05) is 24.5 Å². The van der Waals surface area contributed by atoms with E-state index in [1.54, 1.807) is 18.2 Å². The molecule has 2 aromatic rings. The van der Waals surface area contributed by atoms with E-state index in [0.29, 0.717) is 42.7 Å². The summed E-state index contributed by atoms with van der Waals surface area (Å²) in [7, 11) is 0. The van der Waals surface area contributed by atoms with Gasteiger partial charge in [0.1, 0.15) is 0 Å². The maximum Gasteiger partial charge on any atom is 0.389 e. The van der Waals surface area contributed by atoms with E-state index >= 15 is 0 Å². The summed E-state index contributed by atoms with van der Waals surface area (Å²) in [5.74, 6) is -0.641. The van der Waals surface area contributed by atoms with E-state index in [1.807, 2.05) is 18.2 Å². The average molecular weight is 470 g/mol. The Morgan fingerprint density at radius 3 is 2.41 bits per heavy atom. The molecule has 0 N–H and O–H groups in total. The second-order valence-corrected chi connectivity index (χ2v) is 9.05. The Morgan fingerprint density at radius 1 is 1.06 bits per heavy atom. The van der Waals surface area contributed by atoms with Crippen LogP contribution in [-0.2, 0) is 21.5 Å². The first kappa shape index (κ1) is 24.0. The van der Waals surface area contributed by atoms with Crippen LogP contribution in [0.4, 0.5) is 18.9 Å². The standard InChI is InChI=1S/C26H26F3N3O2/c27-26(28,29)11-5-9-21(33)18-32-22-10-4-8-20(16-30)23(22)25(24(32)34)12-14-31(15-13-25)17-19-6-2-1-3-7-19/h1-4,6-8,10H,5,9,11-15,17-18H2. The molecule has 34 heavy (non-hydrogen) atoms. The van der Waals surface area contributed by atoms with E-state index in [9.17, 15) is 28.0 Å². The molecule has 178 valence electrons. The van der Waals surface area contributed by atoms with Crippen molar-refractivity contribution in [3.8, 4) is 6.07 Å². The molecule has 0 radical (unpaired) electrons. The lowest BCUT2D eigenvalue weighted by Crippen LogP contribution is -2.49. The number of amides is 1. The third kappa shape index (κ3) is 4.85. The van der Waals surface area contributed by atoms with Crippen molar-refractivity contribution in [1.29, 1.82) is 5.26 Å². The minimum atomic E-state index is -4.31. The van der Waals surface area contributed by atoms with E-state index in [4.69, 9.17) is 0 Å². The van der Waals surface area contributed by atoms with Crippen LogP contribution in [0.25, 0.3) is 0 Å². The zero-order chi connectivity index (χ0) is 24.3. The Balaban J connectivity index is 1.52. The SMILES string of the molecule is N#Cc1cccc2c1C1(CCN(Cc3ccccc3)CC1)C(=O)N2CC(=O)CCCC(F)(F)F. The Morgan fingerprint density at radius 2 is 1.76 bits per heavy atom. The third-order valence-electron chi connectivity index (χ3n) is 6.80. The van der Waals surface area contributed by atoms with Crippen LogP contribution in [0, 0.1) is 11.3 Å². The largest absolute Gasteiger partial charge is 0.389 e. The van der Waals surface area contributed by atoms with Gasteiger partial charge >= 0.3 is 6.18 Å². The number of alkyl halides is 3. The van der Waals surface area contributed by atoms with Crippen LogP contribution in [-0.4, -0.2) is 42.4 Å². The molecule has 0 atom stereocenters. The summed E-state index contributed by atoms with van der Waals surface area (Å²) in [5, 5.41) is 9.75. The third-order valence-corrected chi connectivity index (χ3v) is 6.80. The zero-order valence-corrected chi connectivity index (χ0v) is 18.8. The zero-order valence-electron chi connectivity index (χ0n) is 18.8. The topological polar surface area (TPSA) is 64.4 Å². The van der Waals surface area contributed by atoms with Crippen molar-refractivity contribution in [2.24, 2.45) is 0 Å². The number of anilines is 1. The molecular formula is C26H26F3N3O2. The first-order valence-corrected chi connectivity index (χ1v) is 11.4. The minimum absolute atomic E-state index is 0.228. The summed E-state index contributed by atoms with van der Waals surface area (Å²) >= 11 is 0. The van der Waals surface area contributed by atoms with Gasteiger partial charge in [0.15, 0.2) is 5.78 Å². The van der Waals surface area contributed by atoms with Gasteiger partial charge in [-0.05, 0) is 50.0 Å². The molecule has 2 heterocycles. The van der Waals surface area contributed by atoms with E-state index in [2.05, 4.69) is 23.1 Å². The van der Waals surface area contributed by atoms with Crippen molar-refractivity contribution in [2.45, 2.75) is 50.2 Å². The molecule has 2 aliphatic rings. The second kappa shape index (κ2) is 9.59. The van der Waals surface area contributed by atoms with Gasteiger partial charge < -0.3 is 4.90 Å². The number of nitrogens with zero attached hydrogens (tertiary/aromatic N) is 3. The molecule has 0 aliphatic carbocycles. The Labute approximate surface area is 196 Å². The summed E-state index contributed by atoms with van der Waals surface area (Å²) in [6.45, 7) is 1.81. The molecule has 2 aromatic carbocycles. The lowest BCUT2D eigenvalue weighted by Gasteiger charge is -2.38. The summed E-state index contributed by atoms with van der Waals surface area (Å²) in [6.07, 6.45) is -4.84. The number of fused-ring (bicyclic) bond motifs is 2. The molecule has 1 fully saturated rings. The highest BCUT2D eigenvalue weighted by atomic mass is 19.4. The number of carbonyl (C=O) groups excluding carboxylic acids is 2. The van der Waals surface area contributed by atoms with E-state index in [1.165, 1.54) is 10.5 Å². The van der Waals surface area contributed by atoms with Crippen LogP contribution in [0.3, 0.4) is 0 Å². The van der Waals surface area contributed by atoms with Gasteiger partial charge in [-0.2, -0.15) is 18.4 Å². The Bertz CT molecular complexity index is 1100. The summed E-state index contributed by atoms with van der Waals surface area (Å²) in [6, 6.07) is 17.3. The molecule has 1 amide bonds. The molecule has 1 spiro atoms. The van der Waals surface area contributed by atoms with Crippen molar-refractivity contribution in [1.82, 2.24) is 4.90 Å². The number of hydrogen-bond donors (Lipinski definition) is 0. The van der Waals surface area contributed by atoms with Crippen LogP contribution >= 0.6 is 0 Å². The lowest BCUT2D eigenvalue weighted by molar-refractivity contribution is -0.137. The fraction of sp³-hybridized carbons (Fsp3) is 0.423. The maximum atomic E-state index is 13.7. The number of rotatable bonds is 7. The highest BCUT2D eigenvalue weighted by Crippen LogP contribution is 2.49. The highest BCUT2D eigenvalue weighted by molar-refractivity contribution is 6.11. The van der Waals surface area contributed by atoms with Gasteiger partial charge in [0.05, 0.1) is 23.6 Å². The van der Waals surface area contributed by atoms with Gasteiger partial charge in [0.2, 0.25) is 5.91 Å². The van der Waals surface area contributed by atoms with Crippen LogP contribution in [0.5, 0.6) is 0 Å². The molecule has 1 saturated heterocycles. The molecule has 4 rings (SSSR count). The van der Waals surface area contributed by atoms with Gasteiger partial charge in [-0.1, -0.05) is 36.4 Å². The normalized spacial score (nSPS) is 17.6. The number of halogens is 3. The minimum Gasteiger partial charge on any atom is -0.304 e. The summed E-state index contributed by atoms with van der Waals surface area (Å²) in [4.78, 5) is 29.9. The predicted octanol–water partition coefficient (Wildman–Crippen LogP) is 4.74. The number of likely N-dealkylation sites (tertiary alicyclic amines) is 1. The molecule has 8 heteroatoms.